The number of carbonyl (C=O) groups excluding carboxylic acids is 1. The first-order valence-corrected chi connectivity index (χ1v) is 8.12. The van der Waals surface area contributed by atoms with Gasteiger partial charge in [-0.1, -0.05) is 13.8 Å². The minimum absolute atomic E-state index is 0.00792. The minimum Gasteiger partial charge on any atom is -0.377 e. The van der Waals surface area contributed by atoms with Gasteiger partial charge in [-0.05, 0) is 40.3 Å². The molecule has 0 radical (unpaired) electrons. The molecule has 1 heterocycles. The predicted molar refractivity (Wildman–Crippen MR) is 83.9 cm³/mol. The number of nitrogens with two attached hydrogens (primary N) is 1. The van der Waals surface area contributed by atoms with E-state index in [1.165, 1.54) is 0 Å². The normalized spacial score (nSPS) is 33.9. The highest BCUT2D eigenvalue weighted by Gasteiger charge is 2.71. The Kier molecular flexibility index (Phi) is 4.66. The second-order valence-corrected chi connectivity index (χ2v) is 7.46. The average Bonchev–Trinajstić information content (AvgIpc) is 2.90. The molecule has 0 bridgehead atoms. The third kappa shape index (κ3) is 2.60. The summed E-state index contributed by atoms with van der Waals surface area (Å²) < 4.78 is 5.73. The van der Waals surface area contributed by atoms with Crippen molar-refractivity contribution in [1.82, 2.24) is 10.2 Å². The van der Waals surface area contributed by atoms with Crippen LogP contribution in [-0.4, -0.2) is 55.2 Å². The maximum Gasteiger partial charge on any atom is 0.241 e. The molecule has 21 heavy (non-hydrogen) atoms. The minimum atomic E-state index is -0.780. The zero-order chi connectivity index (χ0) is 15.8. The van der Waals surface area contributed by atoms with E-state index in [9.17, 15) is 4.79 Å². The molecular weight excluding hydrogens is 266 g/mol. The molecule has 122 valence electrons. The molecule has 1 amide bonds. The van der Waals surface area contributed by atoms with E-state index in [1.54, 1.807) is 0 Å². The van der Waals surface area contributed by atoms with Crippen molar-refractivity contribution in [2.24, 2.45) is 17.1 Å². The van der Waals surface area contributed by atoms with Crippen LogP contribution in [0.1, 0.15) is 40.5 Å². The van der Waals surface area contributed by atoms with E-state index in [2.05, 4.69) is 31.1 Å². The lowest BCUT2D eigenvalue weighted by Gasteiger charge is -2.60. The van der Waals surface area contributed by atoms with Crippen LogP contribution in [0.4, 0.5) is 0 Å². The summed E-state index contributed by atoms with van der Waals surface area (Å²) in [5.41, 5.74) is 5.43. The van der Waals surface area contributed by atoms with Crippen molar-refractivity contribution in [2.45, 2.75) is 58.2 Å². The molecule has 0 aromatic carbocycles. The Morgan fingerprint density at radius 1 is 1.48 bits per heavy atom. The van der Waals surface area contributed by atoms with E-state index in [4.69, 9.17) is 10.5 Å². The summed E-state index contributed by atoms with van der Waals surface area (Å²) in [5.74, 6) is 0.164. The summed E-state index contributed by atoms with van der Waals surface area (Å²) in [5, 5.41) is 3.04. The van der Waals surface area contributed by atoms with Crippen LogP contribution in [0, 0.1) is 11.3 Å². The third-order valence-electron chi connectivity index (χ3n) is 5.68. The number of ether oxygens (including phenoxy) is 1. The van der Waals surface area contributed by atoms with E-state index < -0.39 is 5.54 Å². The van der Waals surface area contributed by atoms with Gasteiger partial charge in [-0.3, -0.25) is 4.79 Å². The second-order valence-electron chi connectivity index (χ2n) is 7.46. The monoisotopic (exact) mass is 297 g/mol. The number of rotatable bonds is 6. The van der Waals surface area contributed by atoms with Crippen LogP contribution in [0.5, 0.6) is 0 Å². The summed E-state index contributed by atoms with van der Waals surface area (Å²) in [6, 6.07) is 0.531. The maximum absolute atomic E-state index is 12.6. The van der Waals surface area contributed by atoms with Crippen LogP contribution >= 0.6 is 0 Å². The maximum atomic E-state index is 12.6. The van der Waals surface area contributed by atoms with Crippen molar-refractivity contribution < 1.29 is 9.53 Å². The van der Waals surface area contributed by atoms with Gasteiger partial charge >= 0.3 is 0 Å². The van der Waals surface area contributed by atoms with Crippen molar-refractivity contribution in [3.63, 3.8) is 0 Å². The summed E-state index contributed by atoms with van der Waals surface area (Å²) in [6.45, 7) is 10.8. The lowest BCUT2D eigenvalue weighted by Crippen LogP contribution is -2.80. The summed E-state index contributed by atoms with van der Waals surface area (Å²) in [6.07, 6.45) is 1.98. The fourth-order valence-electron chi connectivity index (χ4n) is 3.78. The molecular formula is C16H31N3O2. The Hall–Kier alpha value is -0.650. The number of hydrogen-bond acceptors (Lipinski definition) is 4. The highest BCUT2D eigenvalue weighted by molar-refractivity contribution is 5.89. The molecule has 1 saturated carbocycles. The summed E-state index contributed by atoms with van der Waals surface area (Å²) in [7, 11) is 2.10. The van der Waals surface area contributed by atoms with Crippen LogP contribution in [0.2, 0.25) is 0 Å². The molecule has 2 aliphatic rings. The fraction of sp³-hybridized carbons (Fsp3) is 0.938. The van der Waals surface area contributed by atoms with Gasteiger partial charge in [-0.2, -0.15) is 0 Å². The van der Waals surface area contributed by atoms with Gasteiger partial charge in [0.1, 0.15) is 5.54 Å². The first-order chi connectivity index (χ1) is 9.73. The van der Waals surface area contributed by atoms with E-state index >= 15 is 0 Å². The zero-order valence-electron chi connectivity index (χ0n) is 14.1. The first kappa shape index (κ1) is 16.7. The summed E-state index contributed by atoms with van der Waals surface area (Å²) >= 11 is 0. The molecule has 0 aromatic heterocycles. The standard InChI is InChI=1S/C16H31N3O2/c1-11(2)19(5)9-6-8-18-14(20)16(17)12-7-10-21-13(12)15(16,3)4/h11-13H,6-10,17H2,1-5H3,(H,18,20). The number of nitrogens with one attached hydrogen (secondary N) is 1. The Morgan fingerprint density at radius 2 is 2.14 bits per heavy atom. The molecule has 0 spiro atoms. The molecule has 0 aromatic rings. The topological polar surface area (TPSA) is 67.6 Å². The van der Waals surface area contributed by atoms with E-state index in [0.717, 1.165) is 26.0 Å². The predicted octanol–water partition coefficient (Wildman–Crippen LogP) is 0.975. The van der Waals surface area contributed by atoms with Gasteiger partial charge in [0.05, 0.1) is 6.10 Å². The largest absolute Gasteiger partial charge is 0.377 e. The van der Waals surface area contributed by atoms with Gasteiger partial charge in [0, 0.05) is 30.5 Å². The Balaban J connectivity index is 1.83. The molecule has 1 aliphatic heterocycles. The Morgan fingerprint density at radius 3 is 2.76 bits per heavy atom. The van der Waals surface area contributed by atoms with Crippen LogP contribution in [-0.2, 0) is 9.53 Å². The number of fused-ring (bicyclic) bond motifs is 1. The SMILES string of the molecule is CC(C)N(C)CCCNC(=O)C1(N)C2CCOC2C1(C)C. The summed E-state index contributed by atoms with van der Waals surface area (Å²) in [4.78, 5) is 14.9. The third-order valence-corrected chi connectivity index (χ3v) is 5.68. The van der Waals surface area contributed by atoms with E-state index in [1.807, 2.05) is 13.8 Å². The van der Waals surface area contributed by atoms with Gasteiger partial charge in [0.25, 0.3) is 0 Å². The Bertz CT molecular complexity index is 397. The van der Waals surface area contributed by atoms with Crippen LogP contribution in [0.3, 0.4) is 0 Å². The van der Waals surface area contributed by atoms with E-state index in [0.29, 0.717) is 12.6 Å². The number of hydrogen-bond donors (Lipinski definition) is 2. The average molecular weight is 297 g/mol. The molecule has 3 N–H and O–H groups in total. The smallest absolute Gasteiger partial charge is 0.241 e. The van der Waals surface area contributed by atoms with Gasteiger partial charge in [-0.15, -0.1) is 0 Å². The van der Waals surface area contributed by atoms with Crippen LogP contribution < -0.4 is 11.1 Å². The van der Waals surface area contributed by atoms with Gasteiger partial charge in [0.15, 0.2) is 0 Å². The lowest BCUT2D eigenvalue weighted by atomic mass is 9.48. The Labute approximate surface area is 128 Å². The van der Waals surface area contributed by atoms with Crippen molar-refractivity contribution in [3.05, 3.63) is 0 Å². The molecule has 1 saturated heterocycles. The fourth-order valence-corrected chi connectivity index (χ4v) is 3.78. The van der Waals surface area contributed by atoms with Crippen LogP contribution in [0.15, 0.2) is 0 Å². The van der Waals surface area contributed by atoms with Gasteiger partial charge in [-0.25, -0.2) is 0 Å². The molecule has 3 unspecified atom stereocenters. The lowest BCUT2D eigenvalue weighted by molar-refractivity contribution is -0.175. The molecule has 5 nitrogen and oxygen atoms in total. The molecule has 2 fully saturated rings. The molecule has 3 atom stereocenters. The highest BCUT2D eigenvalue weighted by Crippen LogP contribution is 2.58. The second kappa shape index (κ2) is 5.86. The van der Waals surface area contributed by atoms with E-state index in [-0.39, 0.29) is 23.3 Å². The molecule has 1 aliphatic carbocycles. The number of nitrogens with zero attached hydrogens (tertiary/aromatic N) is 1. The molecule has 5 heteroatoms. The van der Waals surface area contributed by atoms with Gasteiger partial charge in [0.2, 0.25) is 5.91 Å². The number of carbonyl (C=O) groups is 1. The zero-order valence-corrected chi connectivity index (χ0v) is 14.1. The quantitative estimate of drug-likeness (QED) is 0.717. The van der Waals surface area contributed by atoms with Gasteiger partial charge < -0.3 is 20.7 Å². The van der Waals surface area contributed by atoms with Crippen molar-refractivity contribution in [3.8, 4) is 0 Å². The van der Waals surface area contributed by atoms with Crippen molar-refractivity contribution >= 4 is 5.91 Å². The van der Waals surface area contributed by atoms with Crippen molar-refractivity contribution in [2.75, 3.05) is 26.7 Å². The first-order valence-electron chi connectivity index (χ1n) is 8.12. The highest BCUT2D eigenvalue weighted by atomic mass is 16.5. The van der Waals surface area contributed by atoms with Crippen molar-refractivity contribution in [1.29, 1.82) is 0 Å². The number of amides is 1. The van der Waals surface area contributed by atoms with Crippen LogP contribution in [0.25, 0.3) is 0 Å². The molecule has 2 rings (SSSR count).